The summed E-state index contributed by atoms with van der Waals surface area (Å²) in [6.07, 6.45) is 3.70. The molecule has 138 valence electrons. The first-order valence-electron chi connectivity index (χ1n) is 8.58. The molecule has 26 heavy (non-hydrogen) atoms. The minimum atomic E-state index is -4.03. The molecule has 0 saturated carbocycles. The van der Waals surface area contributed by atoms with E-state index in [-0.39, 0.29) is 10.5 Å². The molecule has 0 unspecified atom stereocenters. The van der Waals surface area contributed by atoms with Crippen LogP contribution in [-0.4, -0.2) is 32.3 Å². The predicted octanol–water partition coefficient (Wildman–Crippen LogP) is 2.93. The van der Waals surface area contributed by atoms with E-state index < -0.39 is 21.7 Å². The maximum Gasteiger partial charge on any atom is 0.264 e. The van der Waals surface area contributed by atoms with Crippen LogP contribution < -0.4 is 4.72 Å². The second-order valence-electron chi connectivity index (χ2n) is 6.42. The molecule has 0 aliphatic carbocycles. The second kappa shape index (κ2) is 7.97. The Morgan fingerprint density at radius 1 is 0.962 bits per heavy atom. The van der Waals surface area contributed by atoms with Crippen molar-refractivity contribution in [3.05, 3.63) is 65.5 Å². The van der Waals surface area contributed by atoms with E-state index in [4.69, 9.17) is 0 Å². The summed E-state index contributed by atoms with van der Waals surface area (Å²) < 4.78 is 39.3. The zero-order valence-corrected chi connectivity index (χ0v) is 15.1. The first kappa shape index (κ1) is 18.5. The summed E-state index contributed by atoms with van der Waals surface area (Å²) in [6.45, 7) is 2.99. The fourth-order valence-electron chi connectivity index (χ4n) is 2.99. The highest BCUT2D eigenvalue weighted by Gasteiger charge is 2.19. The Morgan fingerprint density at radius 2 is 1.58 bits per heavy atom. The maximum absolute atomic E-state index is 12.9. The Balaban J connectivity index is 1.65. The molecule has 0 spiro atoms. The van der Waals surface area contributed by atoms with Crippen LogP contribution in [0.4, 0.5) is 4.39 Å². The average molecular weight is 376 g/mol. The number of carbonyl (C=O) groups excluding carboxylic acids is 1. The molecule has 2 aromatic carbocycles. The van der Waals surface area contributed by atoms with Crippen molar-refractivity contribution in [1.82, 2.24) is 9.62 Å². The lowest BCUT2D eigenvalue weighted by Crippen LogP contribution is -2.31. The number of amides is 1. The van der Waals surface area contributed by atoms with Crippen LogP contribution in [0.3, 0.4) is 0 Å². The fourth-order valence-corrected chi connectivity index (χ4v) is 3.97. The van der Waals surface area contributed by atoms with Gasteiger partial charge in [-0.05, 0) is 67.9 Å². The molecular formula is C19H21FN2O3S. The van der Waals surface area contributed by atoms with Crippen molar-refractivity contribution in [3.63, 3.8) is 0 Å². The number of nitrogens with one attached hydrogen (secondary N) is 1. The lowest BCUT2D eigenvalue weighted by Gasteiger charge is -2.26. The summed E-state index contributed by atoms with van der Waals surface area (Å²) in [7, 11) is -4.03. The standard InChI is InChI=1S/C19H21FN2O3S/c20-17-8-10-18(11-9-17)26(24,25)21-19(23)16-6-4-15(5-7-16)14-22-12-2-1-3-13-22/h4-11H,1-3,12-14H2,(H,21,23). The molecule has 7 heteroatoms. The number of carbonyl (C=O) groups is 1. The average Bonchev–Trinajstić information content (AvgIpc) is 2.63. The van der Waals surface area contributed by atoms with E-state index in [1.807, 2.05) is 16.9 Å². The summed E-state index contributed by atoms with van der Waals surface area (Å²) in [4.78, 5) is 14.4. The molecular weight excluding hydrogens is 355 g/mol. The largest absolute Gasteiger partial charge is 0.299 e. The number of hydrogen-bond acceptors (Lipinski definition) is 4. The number of rotatable bonds is 5. The van der Waals surface area contributed by atoms with Gasteiger partial charge in [-0.2, -0.15) is 0 Å². The molecule has 1 aliphatic heterocycles. The van der Waals surface area contributed by atoms with Crippen LogP contribution in [0, 0.1) is 5.82 Å². The van der Waals surface area contributed by atoms with Gasteiger partial charge in [0.2, 0.25) is 0 Å². The Labute approximate surface area is 152 Å². The van der Waals surface area contributed by atoms with E-state index in [1.165, 1.54) is 19.3 Å². The number of likely N-dealkylation sites (tertiary alicyclic amines) is 1. The summed E-state index contributed by atoms with van der Waals surface area (Å²) in [5, 5.41) is 0. The number of piperidine rings is 1. The summed E-state index contributed by atoms with van der Waals surface area (Å²) in [5.74, 6) is -1.25. The van der Waals surface area contributed by atoms with Gasteiger partial charge in [-0.1, -0.05) is 18.6 Å². The Bertz CT molecular complexity index is 859. The molecule has 1 amide bonds. The summed E-state index contributed by atoms with van der Waals surface area (Å²) in [5.41, 5.74) is 1.35. The van der Waals surface area contributed by atoms with Crippen molar-refractivity contribution in [3.8, 4) is 0 Å². The van der Waals surface area contributed by atoms with Gasteiger partial charge >= 0.3 is 0 Å². The maximum atomic E-state index is 12.9. The Morgan fingerprint density at radius 3 is 2.19 bits per heavy atom. The lowest BCUT2D eigenvalue weighted by atomic mass is 10.1. The van der Waals surface area contributed by atoms with Crippen molar-refractivity contribution >= 4 is 15.9 Å². The SMILES string of the molecule is O=C(NS(=O)(=O)c1ccc(F)cc1)c1ccc(CN2CCCCC2)cc1. The van der Waals surface area contributed by atoms with Gasteiger partial charge in [-0.3, -0.25) is 9.69 Å². The third kappa shape index (κ3) is 4.68. The van der Waals surface area contributed by atoms with E-state index in [0.29, 0.717) is 0 Å². The second-order valence-corrected chi connectivity index (χ2v) is 8.10. The zero-order chi connectivity index (χ0) is 18.6. The van der Waals surface area contributed by atoms with Crippen LogP contribution in [-0.2, 0) is 16.6 Å². The number of hydrogen-bond donors (Lipinski definition) is 1. The van der Waals surface area contributed by atoms with Gasteiger partial charge in [-0.25, -0.2) is 17.5 Å². The van der Waals surface area contributed by atoms with Gasteiger partial charge in [0.05, 0.1) is 4.90 Å². The van der Waals surface area contributed by atoms with Crippen molar-refractivity contribution in [2.45, 2.75) is 30.7 Å². The Hall–Kier alpha value is -2.25. The molecule has 1 heterocycles. The zero-order valence-electron chi connectivity index (χ0n) is 14.3. The number of halogens is 1. The highest BCUT2D eigenvalue weighted by Crippen LogP contribution is 2.14. The van der Waals surface area contributed by atoms with Gasteiger partial charge in [0.1, 0.15) is 5.82 Å². The van der Waals surface area contributed by atoms with Crippen LogP contribution in [0.1, 0.15) is 35.2 Å². The van der Waals surface area contributed by atoms with E-state index >= 15 is 0 Å². The molecule has 1 saturated heterocycles. The fraction of sp³-hybridized carbons (Fsp3) is 0.316. The molecule has 1 N–H and O–H groups in total. The first-order valence-corrected chi connectivity index (χ1v) is 10.1. The van der Waals surface area contributed by atoms with Crippen LogP contribution in [0.2, 0.25) is 0 Å². The van der Waals surface area contributed by atoms with Crippen molar-refractivity contribution in [2.24, 2.45) is 0 Å². The molecule has 1 fully saturated rings. The topological polar surface area (TPSA) is 66.5 Å². The molecule has 0 bridgehead atoms. The molecule has 0 radical (unpaired) electrons. The smallest absolute Gasteiger partial charge is 0.264 e. The van der Waals surface area contributed by atoms with Gasteiger partial charge in [0, 0.05) is 12.1 Å². The third-order valence-electron chi connectivity index (χ3n) is 4.42. The molecule has 0 aromatic heterocycles. The molecule has 2 aromatic rings. The van der Waals surface area contributed by atoms with Crippen molar-refractivity contribution in [1.29, 1.82) is 0 Å². The number of nitrogens with zero attached hydrogens (tertiary/aromatic N) is 1. The minimum Gasteiger partial charge on any atom is -0.299 e. The highest BCUT2D eigenvalue weighted by molar-refractivity contribution is 7.90. The van der Waals surface area contributed by atoms with Crippen molar-refractivity contribution < 1.29 is 17.6 Å². The van der Waals surface area contributed by atoms with Crippen LogP contribution >= 0.6 is 0 Å². The summed E-state index contributed by atoms with van der Waals surface area (Å²) >= 11 is 0. The molecule has 5 nitrogen and oxygen atoms in total. The normalized spacial score (nSPS) is 15.6. The van der Waals surface area contributed by atoms with Crippen LogP contribution in [0.25, 0.3) is 0 Å². The monoisotopic (exact) mass is 376 g/mol. The highest BCUT2D eigenvalue weighted by atomic mass is 32.2. The van der Waals surface area contributed by atoms with E-state index in [1.54, 1.807) is 12.1 Å². The first-order chi connectivity index (χ1) is 12.4. The van der Waals surface area contributed by atoms with E-state index in [2.05, 4.69) is 4.90 Å². The summed E-state index contributed by atoms with van der Waals surface area (Å²) in [6, 6.07) is 11.2. The number of benzene rings is 2. The van der Waals surface area contributed by atoms with Gasteiger partial charge in [0.25, 0.3) is 15.9 Å². The molecule has 3 rings (SSSR count). The van der Waals surface area contributed by atoms with Crippen LogP contribution in [0.5, 0.6) is 0 Å². The Kier molecular flexibility index (Phi) is 5.68. The van der Waals surface area contributed by atoms with Gasteiger partial charge in [-0.15, -0.1) is 0 Å². The molecule has 0 atom stereocenters. The molecule has 1 aliphatic rings. The van der Waals surface area contributed by atoms with E-state index in [0.717, 1.165) is 49.5 Å². The third-order valence-corrected chi connectivity index (χ3v) is 5.77. The number of sulfonamides is 1. The van der Waals surface area contributed by atoms with Crippen molar-refractivity contribution in [2.75, 3.05) is 13.1 Å². The quantitative estimate of drug-likeness (QED) is 0.871. The van der Waals surface area contributed by atoms with Gasteiger partial charge in [0.15, 0.2) is 0 Å². The van der Waals surface area contributed by atoms with Gasteiger partial charge < -0.3 is 0 Å². The van der Waals surface area contributed by atoms with Crippen LogP contribution in [0.15, 0.2) is 53.4 Å². The predicted molar refractivity (Wildman–Crippen MR) is 96.6 cm³/mol. The lowest BCUT2D eigenvalue weighted by molar-refractivity contribution is 0.0981. The van der Waals surface area contributed by atoms with E-state index in [9.17, 15) is 17.6 Å². The minimum absolute atomic E-state index is 0.158.